The van der Waals surface area contributed by atoms with Crippen LogP contribution in [-0.4, -0.2) is 105 Å². The number of nitrogens with one attached hydrogen (secondary N) is 1. The maximum absolute atomic E-state index is 15.9. The van der Waals surface area contributed by atoms with Crippen LogP contribution in [0.25, 0.3) is 0 Å². The van der Waals surface area contributed by atoms with Crippen molar-refractivity contribution >= 4 is 47.5 Å². The van der Waals surface area contributed by atoms with Gasteiger partial charge < -0.3 is 44.3 Å². The number of aliphatic hydroxyl groups excluding tert-OH is 1. The number of aliphatic hydroxyl groups is 2. The molecule has 0 spiro atoms. The molecule has 0 saturated heterocycles. The summed E-state index contributed by atoms with van der Waals surface area (Å²) in [5.74, 6) is -8.55. The molecule has 4 aliphatic carbocycles. The first-order chi connectivity index (χ1) is 39.6. The Bertz CT molecular complexity index is 2800. The van der Waals surface area contributed by atoms with E-state index in [9.17, 15) is 39.0 Å². The minimum Gasteiger partial charge on any atom is -0.481 e. The lowest BCUT2D eigenvalue weighted by Crippen LogP contribution is -2.78. The molecule has 7 rings (SSSR count). The molecular weight excluding hydrogens is 1060 g/mol. The highest BCUT2D eigenvalue weighted by molar-refractivity contribution is 5.96. The quantitative estimate of drug-likeness (QED) is 0.0228. The van der Waals surface area contributed by atoms with Crippen molar-refractivity contribution in [2.24, 2.45) is 22.7 Å². The number of ether oxygens (including phenoxy) is 5. The molecule has 0 unspecified atom stereocenters. The van der Waals surface area contributed by atoms with Crippen LogP contribution in [0.3, 0.4) is 0 Å². The molecule has 4 aliphatic rings. The molecule has 4 N–H and O–H groups in total. The van der Waals surface area contributed by atoms with E-state index in [1.165, 1.54) is 26.0 Å². The van der Waals surface area contributed by atoms with Gasteiger partial charge in [-0.05, 0) is 86.9 Å². The summed E-state index contributed by atoms with van der Waals surface area (Å²) >= 11 is 0. The molecule has 17 heteroatoms. The van der Waals surface area contributed by atoms with Crippen LogP contribution in [0.1, 0.15) is 202 Å². The third kappa shape index (κ3) is 14.4. The van der Waals surface area contributed by atoms with Crippen molar-refractivity contribution in [3.63, 3.8) is 0 Å². The number of ketones is 1. The lowest BCUT2D eigenvalue weighted by atomic mass is 9.41. The number of rotatable bonds is 28. The topological polar surface area (TPSA) is 255 Å². The highest BCUT2D eigenvalue weighted by Gasteiger charge is 2.77. The summed E-state index contributed by atoms with van der Waals surface area (Å²) in [4.78, 5) is 112. The molecule has 11 atom stereocenters. The third-order valence-electron chi connectivity index (χ3n) is 18.3. The molecule has 3 aromatic carbocycles. The van der Waals surface area contributed by atoms with Crippen molar-refractivity contribution in [1.29, 1.82) is 0 Å². The molecule has 0 heterocycles. The Morgan fingerprint density at radius 2 is 1.19 bits per heavy atom. The van der Waals surface area contributed by atoms with Crippen LogP contribution < -0.4 is 5.32 Å². The van der Waals surface area contributed by atoms with Gasteiger partial charge in [0.15, 0.2) is 11.9 Å². The fourth-order valence-electron chi connectivity index (χ4n) is 13.7. The SMILES string of the molecule is CC(=O)O[C@H]1C(=O)[C@@]2(C)[C@H]([C@H](OC(=O)c3ccccc3)[C@]3(O)C[C@H](OC(=O)[C@H](OC(=O)CCCCCCCCCCCCCCCCC(=O)O)[C@@H](NC(=O)c4ccccc4)c4ccccc4)C(C)=C1C3(C)C)[C@]1(OC(C)=O)CC[C@@H]1C[C@@H]2O. The largest absolute Gasteiger partial charge is 0.481 e. The zero-order chi connectivity index (χ0) is 60.1. The number of aliphatic carboxylic acids is 1. The lowest BCUT2D eigenvalue weighted by molar-refractivity contribution is -0.296. The smallest absolute Gasteiger partial charge is 0.350 e. The van der Waals surface area contributed by atoms with Gasteiger partial charge in [0, 0.05) is 50.0 Å². The first-order valence-corrected chi connectivity index (χ1v) is 29.9. The molecule has 3 aromatic rings. The summed E-state index contributed by atoms with van der Waals surface area (Å²) in [6, 6.07) is 23.4. The standard InChI is InChI=1S/C66H85NO16/c1-42-49(41-66(78)59(82-61(76)47-34-26-21-27-35-47)57-64(6,50(70)40-48-38-39-65(48,57)83-44(3)69)58(74)55(79-43(2)68)53(42)63(66,4)5)80-62(77)56(54(45-30-22-19-23-31-45)67-60(75)46-32-24-20-25-33-46)81-52(73)37-29-18-16-14-12-10-8-7-9-11-13-15-17-28-36-51(71)72/h19-27,30-35,48-50,54-57,59,70,78H,7-18,28-29,36-41H2,1-6H3,(H,67,75)(H,71,72)/t48-,49+,50+,54+,55-,56-,57+,59+,64-,65+,66-/m1/s1. The average Bonchev–Trinajstić information content (AvgIpc) is 1.78. The zero-order valence-electron chi connectivity index (χ0n) is 49.1. The van der Waals surface area contributed by atoms with E-state index in [0.717, 1.165) is 90.4 Å². The summed E-state index contributed by atoms with van der Waals surface area (Å²) in [5.41, 5.74) is -6.76. The van der Waals surface area contributed by atoms with Gasteiger partial charge in [0.25, 0.3) is 5.91 Å². The van der Waals surface area contributed by atoms with E-state index in [0.29, 0.717) is 18.4 Å². The number of unbranched alkanes of at least 4 members (excludes halogenated alkanes) is 13. The van der Waals surface area contributed by atoms with Crippen LogP contribution in [0, 0.1) is 22.7 Å². The highest BCUT2D eigenvalue weighted by atomic mass is 16.6. The van der Waals surface area contributed by atoms with Gasteiger partial charge in [-0.1, -0.05) is 158 Å². The predicted octanol–water partition coefficient (Wildman–Crippen LogP) is 10.6. The summed E-state index contributed by atoms with van der Waals surface area (Å²) in [6.45, 7) is 8.56. The van der Waals surface area contributed by atoms with E-state index in [2.05, 4.69) is 5.32 Å². The second-order valence-corrected chi connectivity index (χ2v) is 24.1. The van der Waals surface area contributed by atoms with Gasteiger partial charge in [-0.15, -0.1) is 0 Å². The minimum absolute atomic E-state index is 0.00885. The van der Waals surface area contributed by atoms with Gasteiger partial charge in [-0.2, -0.15) is 0 Å². The van der Waals surface area contributed by atoms with Gasteiger partial charge >= 0.3 is 35.8 Å². The lowest BCUT2D eigenvalue weighted by Gasteiger charge is -2.68. The second-order valence-electron chi connectivity index (χ2n) is 24.1. The number of carboxylic acids is 1. The van der Waals surface area contributed by atoms with Crippen LogP contribution in [-0.2, 0) is 52.5 Å². The van der Waals surface area contributed by atoms with E-state index >= 15 is 9.59 Å². The number of benzene rings is 3. The number of hydrogen-bond acceptors (Lipinski definition) is 15. The van der Waals surface area contributed by atoms with Gasteiger partial charge in [0.2, 0.25) is 6.10 Å². The summed E-state index contributed by atoms with van der Waals surface area (Å²) in [6.07, 6.45) is 5.41. The molecule has 2 bridgehead atoms. The maximum atomic E-state index is 15.9. The second kappa shape index (κ2) is 28.2. The Labute approximate surface area is 487 Å². The fraction of sp³-hybridized carbons (Fsp3) is 0.576. The molecule has 0 aromatic heterocycles. The fourth-order valence-corrected chi connectivity index (χ4v) is 13.7. The Balaban J connectivity index is 1.20. The third-order valence-corrected chi connectivity index (χ3v) is 18.3. The molecule has 3 saturated carbocycles. The molecular formula is C66H85NO16. The number of hydrogen-bond donors (Lipinski definition) is 4. The van der Waals surface area contributed by atoms with Crippen molar-refractivity contribution in [2.75, 3.05) is 0 Å². The monoisotopic (exact) mass is 1150 g/mol. The van der Waals surface area contributed by atoms with Gasteiger partial charge in [0.1, 0.15) is 29.5 Å². The van der Waals surface area contributed by atoms with Crippen molar-refractivity contribution in [3.05, 3.63) is 119 Å². The Morgan fingerprint density at radius 3 is 1.70 bits per heavy atom. The molecule has 450 valence electrons. The molecule has 0 radical (unpaired) electrons. The zero-order valence-corrected chi connectivity index (χ0v) is 49.1. The van der Waals surface area contributed by atoms with Gasteiger partial charge in [-0.25, -0.2) is 9.59 Å². The van der Waals surface area contributed by atoms with E-state index in [1.807, 2.05) is 0 Å². The van der Waals surface area contributed by atoms with Crippen molar-refractivity contribution < 1.29 is 77.4 Å². The number of carbonyl (C=O) groups excluding carboxylic acids is 7. The molecule has 3 fully saturated rings. The molecule has 83 heavy (non-hydrogen) atoms. The highest BCUT2D eigenvalue weighted by Crippen LogP contribution is 2.67. The number of amides is 1. The van der Waals surface area contributed by atoms with Crippen LogP contribution in [0.2, 0.25) is 0 Å². The van der Waals surface area contributed by atoms with Crippen LogP contribution in [0.15, 0.2) is 102 Å². The Hall–Kier alpha value is -6.72. The van der Waals surface area contributed by atoms with Crippen LogP contribution >= 0.6 is 0 Å². The van der Waals surface area contributed by atoms with Crippen molar-refractivity contribution in [1.82, 2.24) is 5.32 Å². The summed E-state index contributed by atoms with van der Waals surface area (Å²) in [7, 11) is 0. The molecule has 17 nitrogen and oxygen atoms in total. The summed E-state index contributed by atoms with van der Waals surface area (Å²) in [5, 5.41) is 38.2. The van der Waals surface area contributed by atoms with E-state index in [-0.39, 0.29) is 48.0 Å². The average molecular weight is 1150 g/mol. The van der Waals surface area contributed by atoms with Crippen molar-refractivity contribution in [2.45, 2.75) is 218 Å². The Kier molecular flexibility index (Phi) is 21.7. The number of fused-ring (bicyclic) bond motifs is 5. The minimum atomic E-state index is -2.40. The van der Waals surface area contributed by atoms with Crippen molar-refractivity contribution in [3.8, 4) is 0 Å². The first kappa shape index (κ1) is 63.9. The van der Waals surface area contributed by atoms with E-state index in [1.54, 1.807) is 99.6 Å². The summed E-state index contributed by atoms with van der Waals surface area (Å²) < 4.78 is 31.6. The van der Waals surface area contributed by atoms with E-state index in [4.69, 9.17) is 28.8 Å². The number of carboxylic acid groups (broad SMARTS) is 1. The number of carbonyl (C=O) groups is 8. The van der Waals surface area contributed by atoms with E-state index < -0.39 is 124 Å². The number of esters is 5. The first-order valence-electron chi connectivity index (χ1n) is 29.9. The maximum Gasteiger partial charge on any atom is 0.350 e. The van der Waals surface area contributed by atoms with Gasteiger partial charge in [0.05, 0.1) is 23.0 Å². The van der Waals surface area contributed by atoms with Crippen LogP contribution in [0.5, 0.6) is 0 Å². The van der Waals surface area contributed by atoms with Gasteiger partial charge in [-0.3, -0.25) is 28.8 Å². The van der Waals surface area contributed by atoms with Crippen LogP contribution in [0.4, 0.5) is 0 Å². The predicted molar refractivity (Wildman–Crippen MR) is 306 cm³/mol. The molecule has 1 amide bonds. The molecule has 0 aliphatic heterocycles. The number of Topliss-reactive ketones (excluding diaryl/α,β-unsaturated/α-hetero) is 1. The Morgan fingerprint density at radius 1 is 0.675 bits per heavy atom. The normalized spacial score (nSPS) is 26.7.